The monoisotopic (exact) mass is 293 g/mol. The van der Waals surface area contributed by atoms with E-state index in [4.69, 9.17) is 10.5 Å². The van der Waals surface area contributed by atoms with Gasteiger partial charge in [-0.05, 0) is 26.9 Å². The van der Waals surface area contributed by atoms with E-state index in [0.717, 1.165) is 25.9 Å². The van der Waals surface area contributed by atoms with Crippen molar-refractivity contribution in [3.05, 3.63) is 0 Å². The molecule has 1 aliphatic carbocycles. The largest absolute Gasteiger partial charge is 0.383 e. The second kappa shape index (κ2) is 9.53. The predicted molar refractivity (Wildman–Crippen MR) is 79.6 cm³/mol. The number of methoxy groups -OCH3 is 1. The zero-order valence-electron chi connectivity index (χ0n) is 12.3. The number of rotatable bonds is 7. The molecule has 1 saturated carbocycles. The van der Waals surface area contributed by atoms with Crippen molar-refractivity contribution >= 4 is 18.3 Å². The van der Waals surface area contributed by atoms with Crippen LogP contribution in [0.5, 0.6) is 0 Å². The van der Waals surface area contributed by atoms with Crippen molar-refractivity contribution in [2.45, 2.75) is 37.8 Å². The highest BCUT2D eigenvalue weighted by Gasteiger charge is 2.29. The lowest BCUT2D eigenvalue weighted by molar-refractivity contribution is -0.136. The number of halogens is 1. The van der Waals surface area contributed by atoms with Crippen LogP contribution in [0.15, 0.2) is 0 Å². The average molecular weight is 294 g/mol. The molecule has 0 aliphatic heterocycles. The lowest BCUT2D eigenvalue weighted by atomic mass is 10.1. The van der Waals surface area contributed by atoms with E-state index in [0.29, 0.717) is 12.6 Å². The Kier molecular flexibility index (Phi) is 9.35. The number of amides is 1. The van der Waals surface area contributed by atoms with Gasteiger partial charge in [-0.3, -0.25) is 4.79 Å². The Balaban J connectivity index is 0.00000324. The van der Waals surface area contributed by atoms with Crippen LogP contribution in [0.4, 0.5) is 0 Å². The third-order valence-corrected chi connectivity index (χ3v) is 3.50. The van der Waals surface area contributed by atoms with Gasteiger partial charge in [-0.2, -0.15) is 0 Å². The SMILES string of the molecule is COCC(N)C(=O)N(CCN(C)C)C1CCCC1.Cl. The van der Waals surface area contributed by atoms with Crippen molar-refractivity contribution in [3.63, 3.8) is 0 Å². The summed E-state index contributed by atoms with van der Waals surface area (Å²) in [6.45, 7) is 1.93. The third kappa shape index (κ3) is 6.08. The molecule has 5 nitrogen and oxygen atoms in total. The third-order valence-electron chi connectivity index (χ3n) is 3.50. The zero-order chi connectivity index (χ0) is 13.5. The Labute approximate surface area is 122 Å². The number of carbonyl (C=O) groups is 1. The minimum absolute atomic E-state index is 0. The fourth-order valence-corrected chi connectivity index (χ4v) is 2.46. The molecule has 6 heteroatoms. The van der Waals surface area contributed by atoms with Crippen LogP contribution in [0, 0.1) is 0 Å². The van der Waals surface area contributed by atoms with Gasteiger partial charge in [0.2, 0.25) is 5.91 Å². The molecule has 1 atom stereocenters. The van der Waals surface area contributed by atoms with Gasteiger partial charge in [0.05, 0.1) is 6.61 Å². The normalized spacial score (nSPS) is 17.3. The Morgan fingerprint density at radius 3 is 2.37 bits per heavy atom. The molecule has 0 aromatic carbocycles. The number of nitrogens with two attached hydrogens (primary N) is 1. The summed E-state index contributed by atoms with van der Waals surface area (Å²) >= 11 is 0. The first-order chi connectivity index (χ1) is 8.56. The average Bonchev–Trinajstić information content (AvgIpc) is 2.82. The second-order valence-corrected chi connectivity index (χ2v) is 5.34. The van der Waals surface area contributed by atoms with E-state index in [1.807, 2.05) is 19.0 Å². The first-order valence-electron chi connectivity index (χ1n) is 6.76. The van der Waals surface area contributed by atoms with Gasteiger partial charge in [0.25, 0.3) is 0 Å². The number of nitrogens with zero attached hydrogens (tertiary/aromatic N) is 2. The minimum atomic E-state index is -0.530. The standard InChI is InChI=1S/C13H27N3O2.ClH/c1-15(2)8-9-16(11-6-4-5-7-11)13(17)12(14)10-18-3;/h11-12H,4-10,14H2,1-3H3;1H. The van der Waals surface area contributed by atoms with E-state index in [1.54, 1.807) is 7.11 Å². The van der Waals surface area contributed by atoms with Gasteiger partial charge in [-0.15, -0.1) is 12.4 Å². The molecular weight excluding hydrogens is 266 g/mol. The maximum Gasteiger partial charge on any atom is 0.242 e. The Bertz CT molecular complexity index is 258. The van der Waals surface area contributed by atoms with Crippen LogP contribution in [-0.4, -0.2) is 68.7 Å². The topological polar surface area (TPSA) is 58.8 Å². The van der Waals surface area contributed by atoms with Crippen molar-refractivity contribution in [1.82, 2.24) is 9.80 Å². The minimum Gasteiger partial charge on any atom is -0.383 e. The van der Waals surface area contributed by atoms with E-state index < -0.39 is 6.04 Å². The van der Waals surface area contributed by atoms with Gasteiger partial charge in [0.1, 0.15) is 6.04 Å². The number of ether oxygens (including phenoxy) is 1. The molecule has 1 rings (SSSR count). The highest BCUT2D eigenvalue weighted by molar-refractivity contribution is 5.85. The first kappa shape index (κ1) is 18.6. The molecule has 19 heavy (non-hydrogen) atoms. The smallest absolute Gasteiger partial charge is 0.242 e. The van der Waals surface area contributed by atoms with Crippen molar-refractivity contribution in [2.75, 3.05) is 40.9 Å². The molecule has 0 heterocycles. The van der Waals surface area contributed by atoms with Gasteiger partial charge < -0.3 is 20.3 Å². The molecule has 0 aromatic heterocycles. The molecular formula is C13H28ClN3O2. The van der Waals surface area contributed by atoms with Crippen LogP contribution in [-0.2, 0) is 9.53 Å². The van der Waals surface area contributed by atoms with Gasteiger partial charge in [-0.1, -0.05) is 12.8 Å². The van der Waals surface area contributed by atoms with Crippen LogP contribution < -0.4 is 5.73 Å². The van der Waals surface area contributed by atoms with E-state index in [1.165, 1.54) is 12.8 Å². The zero-order valence-corrected chi connectivity index (χ0v) is 13.1. The Morgan fingerprint density at radius 2 is 1.89 bits per heavy atom. The highest BCUT2D eigenvalue weighted by atomic mass is 35.5. The molecule has 0 radical (unpaired) electrons. The summed E-state index contributed by atoms with van der Waals surface area (Å²) in [5.74, 6) is 0.0330. The van der Waals surface area contributed by atoms with E-state index in [2.05, 4.69) is 4.90 Å². The fraction of sp³-hybridized carbons (Fsp3) is 0.923. The summed E-state index contributed by atoms with van der Waals surface area (Å²) in [4.78, 5) is 16.4. The van der Waals surface area contributed by atoms with E-state index >= 15 is 0 Å². The lowest BCUT2D eigenvalue weighted by Crippen LogP contribution is -2.51. The fourth-order valence-electron chi connectivity index (χ4n) is 2.46. The number of likely N-dealkylation sites (N-methyl/N-ethyl adjacent to an activating group) is 1. The van der Waals surface area contributed by atoms with Crippen LogP contribution in [0.25, 0.3) is 0 Å². The first-order valence-corrected chi connectivity index (χ1v) is 6.76. The summed E-state index contributed by atoms with van der Waals surface area (Å²) in [5, 5.41) is 0. The van der Waals surface area contributed by atoms with Crippen LogP contribution in [0.2, 0.25) is 0 Å². The lowest BCUT2D eigenvalue weighted by Gasteiger charge is -2.32. The van der Waals surface area contributed by atoms with Crippen LogP contribution >= 0.6 is 12.4 Å². The van der Waals surface area contributed by atoms with Crippen LogP contribution in [0.1, 0.15) is 25.7 Å². The Morgan fingerprint density at radius 1 is 1.32 bits per heavy atom. The van der Waals surface area contributed by atoms with E-state index in [-0.39, 0.29) is 18.3 Å². The second-order valence-electron chi connectivity index (χ2n) is 5.34. The molecule has 0 saturated heterocycles. The van der Waals surface area contributed by atoms with Gasteiger partial charge >= 0.3 is 0 Å². The summed E-state index contributed by atoms with van der Waals surface area (Å²) in [6.07, 6.45) is 4.66. The van der Waals surface area contributed by atoms with Gasteiger partial charge in [-0.25, -0.2) is 0 Å². The van der Waals surface area contributed by atoms with Crippen molar-refractivity contribution in [3.8, 4) is 0 Å². The summed E-state index contributed by atoms with van der Waals surface area (Å²) in [5.41, 5.74) is 5.87. The number of hydrogen-bond donors (Lipinski definition) is 1. The molecule has 114 valence electrons. The van der Waals surface area contributed by atoms with Crippen molar-refractivity contribution in [1.29, 1.82) is 0 Å². The number of hydrogen-bond acceptors (Lipinski definition) is 4. The molecule has 0 spiro atoms. The molecule has 1 amide bonds. The summed E-state index contributed by atoms with van der Waals surface area (Å²) in [6, 6.07) is -0.155. The highest BCUT2D eigenvalue weighted by Crippen LogP contribution is 2.23. The molecule has 0 aromatic rings. The Hall–Kier alpha value is -0.360. The molecule has 1 aliphatic rings. The predicted octanol–water partition coefficient (Wildman–Crippen LogP) is 0.715. The maximum absolute atomic E-state index is 12.3. The molecule has 0 bridgehead atoms. The van der Waals surface area contributed by atoms with Crippen LogP contribution in [0.3, 0.4) is 0 Å². The summed E-state index contributed by atoms with van der Waals surface area (Å²) < 4.78 is 4.98. The molecule has 1 unspecified atom stereocenters. The quantitative estimate of drug-likeness (QED) is 0.751. The maximum atomic E-state index is 12.3. The van der Waals surface area contributed by atoms with Gasteiger partial charge in [0.15, 0.2) is 0 Å². The summed E-state index contributed by atoms with van der Waals surface area (Å²) in [7, 11) is 5.62. The number of carbonyl (C=O) groups excluding carboxylic acids is 1. The van der Waals surface area contributed by atoms with Crippen molar-refractivity contribution in [2.24, 2.45) is 5.73 Å². The molecule has 1 fully saturated rings. The molecule has 2 N–H and O–H groups in total. The van der Waals surface area contributed by atoms with E-state index in [9.17, 15) is 4.79 Å². The van der Waals surface area contributed by atoms with Crippen molar-refractivity contribution < 1.29 is 9.53 Å². The van der Waals surface area contributed by atoms with Gasteiger partial charge in [0, 0.05) is 26.2 Å².